The fourth-order valence-electron chi connectivity index (χ4n) is 2.44. The van der Waals surface area contributed by atoms with Crippen LogP contribution in [0.15, 0.2) is 34.8 Å². The van der Waals surface area contributed by atoms with E-state index in [9.17, 15) is 4.79 Å². The van der Waals surface area contributed by atoms with Gasteiger partial charge in [0.2, 0.25) is 5.91 Å². The molecular weight excluding hydrogens is 240 g/mol. The van der Waals surface area contributed by atoms with Gasteiger partial charge in [-0.3, -0.25) is 4.79 Å². The van der Waals surface area contributed by atoms with Gasteiger partial charge in [0, 0.05) is 19.0 Å². The second kappa shape index (κ2) is 4.88. The van der Waals surface area contributed by atoms with Gasteiger partial charge in [0.15, 0.2) is 11.5 Å². The second-order valence-corrected chi connectivity index (χ2v) is 4.93. The van der Waals surface area contributed by atoms with Crippen LogP contribution in [0.25, 0.3) is 11.1 Å². The lowest BCUT2D eigenvalue weighted by molar-refractivity contribution is -0.116. The van der Waals surface area contributed by atoms with Crippen molar-refractivity contribution in [1.29, 1.82) is 0 Å². The van der Waals surface area contributed by atoms with Crippen molar-refractivity contribution < 1.29 is 9.21 Å². The van der Waals surface area contributed by atoms with Crippen LogP contribution in [0.5, 0.6) is 0 Å². The number of rotatable bonds is 3. The summed E-state index contributed by atoms with van der Waals surface area (Å²) in [6.45, 7) is 1.81. The maximum absolute atomic E-state index is 11.9. The Balaban J connectivity index is 1.69. The molecule has 1 unspecified atom stereocenters. The van der Waals surface area contributed by atoms with Gasteiger partial charge < -0.3 is 9.73 Å². The first-order valence-corrected chi connectivity index (χ1v) is 6.54. The predicted molar refractivity (Wildman–Crippen MR) is 73.9 cm³/mol. The fourth-order valence-corrected chi connectivity index (χ4v) is 2.44. The van der Waals surface area contributed by atoms with Gasteiger partial charge in [-0.2, -0.15) is 0 Å². The van der Waals surface area contributed by atoms with E-state index in [0.29, 0.717) is 18.2 Å². The average molecular weight is 256 g/mol. The van der Waals surface area contributed by atoms with E-state index >= 15 is 0 Å². The van der Waals surface area contributed by atoms with Crippen LogP contribution in [0.3, 0.4) is 0 Å². The van der Waals surface area contributed by atoms with Crippen LogP contribution in [-0.2, 0) is 4.79 Å². The van der Waals surface area contributed by atoms with E-state index in [-0.39, 0.29) is 5.91 Å². The molecule has 2 aromatic rings. The normalized spacial score (nSPS) is 18.1. The molecule has 0 spiro atoms. The number of amides is 1. The van der Waals surface area contributed by atoms with E-state index in [0.717, 1.165) is 29.6 Å². The number of nitrogens with zero attached hydrogens (tertiary/aromatic N) is 1. The number of benzene rings is 1. The Labute approximate surface area is 111 Å². The van der Waals surface area contributed by atoms with Crippen LogP contribution in [0.1, 0.15) is 25.2 Å². The smallest absolute Gasteiger partial charge is 0.224 e. The molecule has 98 valence electrons. The molecule has 0 saturated carbocycles. The molecular formula is C15H16N2O2. The lowest BCUT2D eigenvalue weighted by Crippen LogP contribution is -2.14. The molecule has 1 aliphatic rings. The Morgan fingerprint density at radius 3 is 3.21 bits per heavy atom. The molecule has 1 atom stereocenters. The maximum atomic E-state index is 11.9. The van der Waals surface area contributed by atoms with Crippen molar-refractivity contribution >= 4 is 22.7 Å². The zero-order valence-electron chi connectivity index (χ0n) is 10.8. The van der Waals surface area contributed by atoms with Gasteiger partial charge in [-0.25, -0.2) is 4.98 Å². The Morgan fingerprint density at radius 2 is 2.42 bits per heavy atom. The number of hydrogen-bond donors (Lipinski definition) is 1. The molecule has 0 fully saturated rings. The van der Waals surface area contributed by atoms with Crippen LogP contribution < -0.4 is 5.32 Å². The maximum Gasteiger partial charge on any atom is 0.224 e. The molecule has 1 N–H and O–H groups in total. The van der Waals surface area contributed by atoms with Crippen molar-refractivity contribution in [3.8, 4) is 0 Å². The number of fused-ring (bicyclic) bond motifs is 1. The number of carbonyl (C=O) groups excluding carboxylic acids is 1. The minimum atomic E-state index is 0.0520. The van der Waals surface area contributed by atoms with Gasteiger partial charge in [-0.15, -0.1) is 0 Å². The highest BCUT2D eigenvalue weighted by atomic mass is 16.3. The van der Waals surface area contributed by atoms with E-state index in [2.05, 4.69) is 22.5 Å². The standard InChI is InChI=1S/C15H16N2O2/c1-10-16-13-9-12(6-7-14(13)19-10)17-15(18)8-11-4-2-3-5-11/h2,4,6-7,9,11H,3,5,8H2,1H3,(H,17,18). The Morgan fingerprint density at radius 1 is 1.53 bits per heavy atom. The van der Waals surface area contributed by atoms with E-state index in [1.165, 1.54) is 0 Å². The van der Waals surface area contributed by atoms with Crippen molar-refractivity contribution in [2.45, 2.75) is 26.2 Å². The largest absolute Gasteiger partial charge is 0.441 e. The molecule has 3 rings (SSSR count). The van der Waals surface area contributed by atoms with Crippen LogP contribution in [0.2, 0.25) is 0 Å². The summed E-state index contributed by atoms with van der Waals surface area (Å²) in [6.07, 6.45) is 6.98. The summed E-state index contributed by atoms with van der Waals surface area (Å²) in [5, 5.41) is 2.92. The van der Waals surface area contributed by atoms with Gasteiger partial charge in [0.1, 0.15) is 5.52 Å². The average Bonchev–Trinajstić information content (AvgIpc) is 2.96. The summed E-state index contributed by atoms with van der Waals surface area (Å²) in [7, 11) is 0. The highest BCUT2D eigenvalue weighted by molar-refractivity contribution is 5.93. The molecule has 0 bridgehead atoms. The van der Waals surface area contributed by atoms with Crippen molar-refractivity contribution in [3.05, 3.63) is 36.2 Å². The van der Waals surface area contributed by atoms with Crippen molar-refractivity contribution in [1.82, 2.24) is 4.98 Å². The summed E-state index contributed by atoms with van der Waals surface area (Å²) in [5.41, 5.74) is 2.29. The number of allylic oxidation sites excluding steroid dienone is 2. The summed E-state index contributed by atoms with van der Waals surface area (Å²) in [5.74, 6) is 1.07. The number of hydrogen-bond acceptors (Lipinski definition) is 3. The highest BCUT2D eigenvalue weighted by Gasteiger charge is 2.14. The van der Waals surface area contributed by atoms with Crippen molar-refractivity contribution in [2.75, 3.05) is 5.32 Å². The van der Waals surface area contributed by atoms with Gasteiger partial charge in [0.25, 0.3) is 0 Å². The first-order valence-electron chi connectivity index (χ1n) is 6.54. The minimum absolute atomic E-state index is 0.0520. The van der Waals surface area contributed by atoms with E-state index in [1.807, 2.05) is 25.1 Å². The van der Waals surface area contributed by atoms with Gasteiger partial charge >= 0.3 is 0 Å². The third-order valence-corrected chi connectivity index (χ3v) is 3.34. The van der Waals surface area contributed by atoms with Crippen molar-refractivity contribution in [2.24, 2.45) is 5.92 Å². The first kappa shape index (κ1) is 12.0. The molecule has 19 heavy (non-hydrogen) atoms. The quantitative estimate of drug-likeness (QED) is 0.856. The van der Waals surface area contributed by atoms with E-state index < -0.39 is 0 Å². The Kier molecular flexibility index (Phi) is 3.07. The summed E-state index contributed by atoms with van der Waals surface area (Å²) in [6, 6.07) is 5.52. The molecule has 1 aliphatic carbocycles. The van der Waals surface area contributed by atoms with Crippen LogP contribution in [0, 0.1) is 12.8 Å². The zero-order valence-corrected chi connectivity index (χ0v) is 10.8. The Hall–Kier alpha value is -2.10. The fraction of sp³-hybridized carbons (Fsp3) is 0.333. The van der Waals surface area contributed by atoms with Gasteiger partial charge in [0.05, 0.1) is 0 Å². The molecule has 1 amide bonds. The number of nitrogens with one attached hydrogen (secondary N) is 1. The molecule has 1 heterocycles. The van der Waals surface area contributed by atoms with E-state index in [4.69, 9.17) is 4.42 Å². The van der Waals surface area contributed by atoms with Crippen molar-refractivity contribution in [3.63, 3.8) is 0 Å². The van der Waals surface area contributed by atoms with Crippen LogP contribution in [-0.4, -0.2) is 10.9 Å². The zero-order chi connectivity index (χ0) is 13.2. The summed E-state index contributed by atoms with van der Waals surface area (Å²) >= 11 is 0. The molecule has 4 nitrogen and oxygen atoms in total. The third kappa shape index (κ3) is 2.67. The molecule has 1 aromatic heterocycles. The third-order valence-electron chi connectivity index (χ3n) is 3.34. The number of carbonyl (C=O) groups is 1. The molecule has 1 aromatic carbocycles. The highest BCUT2D eigenvalue weighted by Crippen LogP contribution is 2.22. The van der Waals surface area contributed by atoms with Crippen LogP contribution >= 0.6 is 0 Å². The second-order valence-electron chi connectivity index (χ2n) is 4.93. The molecule has 0 radical (unpaired) electrons. The summed E-state index contributed by atoms with van der Waals surface area (Å²) in [4.78, 5) is 16.2. The minimum Gasteiger partial charge on any atom is -0.441 e. The SMILES string of the molecule is Cc1nc2cc(NC(=O)CC3C=CCC3)ccc2o1. The number of aromatic nitrogens is 1. The molecule has 0 saturated heterocycles. The molecule has 0 aliphatic heterocycles. The summed E-state index contributed by atoms with van der Waals surface area (Å²) < 4.78 is 5.40. The van der Waals surface area contributed by atoms with E-state index in [1.54, 1.807) is 0 Å². The molecule has 4 heteroatoms. The lowest BCUT2D eigenvalue weighted by atomic mass is 10.1. The number of aryl methyl sites for hydroxylation is 1. The monoisotopic (exact) mass is 256 g/mol. The van der Waals surface area contributed by atoms with Gasteiger partial charge in [-0.05, 0) is 37.0 Å². The topological polar surface area (TPSA) is 55.1 Å². The van der Waals surface area contributed by atoms with Crippen LogP contribution in [0.4, 0.5) is 5.69 Å². The first-order chi connectivity index (χ1) is 9.20. The lowest BCUT2D eigenvalue weighted by Gasteiger charge is -2.08. The Bertz CT molecular complexity index is 643. The number of oxazole rings is 1. The number of anilines is 1. The predicted octanol–water partition coefficient (Wildman–Crippen LogP) is 3.43. The van der Waals surface area contributed by atoms with Gasteiger partial charge in [-0.1, -0.05) is 12.2 Å².